The van der Waals surface area contributed by atoms with Crippen molar-refractivity contribution in [1.29, 1.82) is 0 Å². The summed E-state index contributed by atoms with van der Waals surface area (Å²) in [6.07, 6.45) is 0.121. The summed E-state index contributed by atoms with van der Waals surface area (Å²) in [6, 6.07) is 4.45. The Hall–Kier alpha value is -2.16. The lowest BCUT2D eigenvalue weighted by molar-refractivity contribution is -0.129. The van der Waals surface area contributed by atoms with Gasteiger partial charge in [-0.2, -0.15) is 8.42 Å². The van der Waals surface area contributed by atoms with Gasteiger partial charge in [-0.15, -0.1) is 0 Å². The Kier molecular flexibility index (Phi) is 5.86. The first kappa shape index (κ1) is 17.9. The van der Waals surface area contributed by atoms with Crippen LogP contribution in [0.4, 0.5) is 3.89 Å². The van der Waals surface area contributed by atoms with Gasteiger partial charge in [0.1, 0.15) is 11.8 Å². The Morgan fingerprint density at radius 1 is 1.27 bits per heavy atom. The van der Waals surface area contributed by atoms with Crippen molar-refractivity contribution in [2.24, 2.45) is 11.7 Å². The van der Waals surface area contributed by atoms with Gasteiger partial charge in [0.2, 0.25) is 11.8 Å². The summed E-state index contributed by atoms with van der Waals surface area (Å²) in [5.74, 6) is -1.51. The van der Waals surface area contributed by atoms with E-state index in [-0.39, 0.29) is 24.0 Å². The maximum atomic E-state index is 12.4. The lowest BCUT2D eigenvalue weighted by atomic mass is 10.0. The number of primary amides is 1. The molecule has 0 aliphatic carbocycles. The van der Waals surface area contributed by atoms with Crippen molar-refractivity contribution in [3.05, 3.63) is 29.8 Å². The molecule has 0 unspecified atom stereocenters. The van der Waals surface area contributed by atoms with Crippen molar-refractivity contribution in [3.63, 3.8) is 0 Å². The van der Waals surface area contributed by atoms with Crippen molar-refractivity contribution >= 4 is 22.3 Å². The van der Waals surface area contributed by atoms with Crippen molar-refractivity contribution in [1.82, 2.24) is 5.32 Å². The van der Waals surface area contributed by atoms with Crippen LogP contribution < -0.4 is 15.2 Å². The van der Waals surface area contributed by atoms with Crippen LogP contribution in [0.1, 0.15) is 19.4 Å². The van der Waals surface area contributed by atoms with Crippen LogP contribution in [-0.4, -0.2) is 26.3 Å². The lowest BCUT2D eigenvalue weighted by Crippen LogP contribution is -2.47. The first-order valence-electron chi connectivity index (χ1n) is 6.41. The quantitative estimate of drug-likeness (QED) is 0.703. The topological polar surface area (TPSA) is 116 Å². The van der Waals surface area contributed by atoms with Crippen LogP contribution in [0.25, 0.3) is 0 Å². The van der Waals surface area contributed by atoms with Crippen LogP contribution in [0.2, 0.25) is 0 Å². The molecule has 122 valence electrons. The molecule has 7 nitrogen and oxygen atoms in total. The van der Waals surface area contributed by atoms with Gasteiger partial charge in [0, 0.05) is 12.3 Å². The van der Waals surface area contributed by atoms with Crippen molar-refractivity contribution in [2.75, 3.05) is 0 Å². The fraction of sp³-hybridized carbons (Fsp3) is 0.385. The molecule has 9 heteroatoms. The molecule has 1 aromatic rings. The first-order chi connectivity index (χ1) is 10.1. The lowest BCUT2D eigenvalue weighted by Gasteiger charge is -2.17. The minimum Gasteiger partial charge on any atom is -0.368 e. The van der Waals surface area contributed by atoms with E-state index < -0.39 is 22.5 Å². The van der Waals surface area contributed by atoms with Crippen LogP contribution in [0.5, 0.6) is 5.75 Å². The molecule has 0 heterocycles. The number of carbonyl (C=O) groups is 2. The summed E-state index contributed by atoms with van der Waals surface area (Å²) in [6.45, 7) is 3.35. The molecular weight excluding hydrogens is 315 g/mol. The molecule has 2 amide bonds. The number of hydrogen-bond donors (Lipinski definition) is 2. The molecular formula is C13H17FN2O5S. The van der Waals surface area contributed by atoms with Crippen molar-refractivity contribution < 1.29 is 26.1 Å². The maximum absolute atomic E-state index is 12.4. The molecule has 0 saturated carbocycles. The maximum Gasteiger partial charge on any atom is 0.488 e. The summed E-state index contributed by atoms with van der Waals surface area (Å²) >= 11 is 0. The molecule has 0 aliphatic heterocycles. The minimum atomic E-state index is -5.08. The number of nitrogens with two attached hydrogens (primary N) is 1. The highest BCUT2D eigenvalue weighted by Gasteiger charge is 2.20. The predicted molar refractivity (Wildman–Crippen MR) is 76.8 cm³/mol. The normalized spacial score (nSPS) is 12.7. The molecule has 1 aromatic carbocycles. The highest BCUT2D eigenvalue weighted by Crippen LogP contribution is 2.16. The highest BCUT2D eigenvalue weighted by atomic mass is 32.3. The van der Waals surface area contributed by atoms with Gasteiger partial charge in [-0.05, 0) is 17.7 Å². The second kappa shape index (κ2) is 7.21. The Bertz CT molecular complexity index is 643. The first-order valence-corrected chi connectivity index (χ1v) is 7.72. The van der Waals surface area contributed by atoms with E-state index in [1.807, 2.05) is 0 Å². The Morgan fingerprint density at radius 3 is 2.23 bits per heavy atom. The van der Waals surface area contributed by atoms with E-state index >= 15 is 0 Å². The molecule has 0 spiro atoms. The third-order valence-corrected chi connectivity index (χ3v) is 3.13. The third-order valence-electron chi connectivity index (χ3n) is 2.74. The van der Waals surface area contributed by atoms with Crippen LogP contribution in [-0.2, 0) is 26.5 Å². The highest BCUT2D eigenvalue weighted by molar-refractivity contribution is 7.81. The van der Waals surface area contributed by atoms with Gasteiger partial charge in [0.05, 0.1) is 0 Å². The number of benzene rings is 1. The van der Waals surface area contributed by atoms with E-state index in [0.717, 1.165) is 0 Å². The van der Waals surface area contributed by atoms with E-state index in [0.29, 0.717) is 5.56 Å². The summed E-state index contributed by atoms with van der Waals surface area (Å²) in [7, 11) is -5.08. The number of rotatable bonds is 7. The van der Waals surface area contributed by atoms with Crippen molar-refractivity contribution in [2.45, 2.75) is 26.3 Å². The molecule has 0 aliphatic rings. The van der Waals surface area contributed by atoms with Gasteiger partial charge in [0.25, 0.3) is 0 Å². The zero-order valence-corrected chi connectivity index (χ0v) is 12.9. The van der Waals surface area contributed by atoms with Gasteiger partial charge < -0.3 is 15.2 Å². The summed E-state index contributed by atoms with van der Waals surface area (Å²) in [4.78, 5) is 23.0. The SMILES string of the molecule is CC(C)C(=O)N[C@@H](Cc1ccc(OS(=O)(=O)F)cc1)C(N)=O. The monoisotopic (exact) mass is 332 g/mol. The molecule has 0 saturated heterocycles. The van der Waals surface area contributed by atoms with E-state index in [1.165, 1.54) is 24.3 Å². The molecule has 1 rings (SSSR count). The van der Waals surface area contributed by atoms with Crippen LogP contribution >= 0.6 is 0 Å². The van der Waals surface area contributed by atoms with Crippen LogP contribution in [0.3, 0.4) is 0 Å². The molecule has 0 radical (unpaired) electrons. The predicted octanol–water partition coefficient (Wildman–Crippen LogP) is 0.448. The molecule has 3 N–H and O–H groups in total. The summed E-state index contributed by atoms with van der Waals surface area (Å²) in [5, 5.41) is 2.52. The van der Waals surface area contributed by atoms with Gasteiger partial charge >= 0.3 is 10.5 Å². The second-order valence-electron chi connectivity index (χ2n) is 4.94. The van der Waals surface area contributed by atoms with Crippen LogP contribution in [0, 0.1) is 5.92 Å². The molecule has 1 atom stereocenters. The molecule has 0 fully saturated rings. The van der Waals surface area contributed by atoms with E-state index in [9.17, 15) is 21.9 Å². The number of halogens is 1. The largest absolute Gasteiger partial charge is 0.488 e. The number of carbonyl (C=O) groups excluding carboxylic acids is 2. The number of amides is 2. The Balaban J connectivity index is 2.78. The van der Waals surface area contributed by atoms with Crippen molar-refractivity contribution in [3.8, 4) is 5.75 Å². The fourth-order valence-corrected chi connectivity index (χ4v) is 1.93. The van der Waals surface area contributed by atoms with Gasteiger partial charge in [0.15, 0.2) is 0 Å². The minimum absolute atomic E-state index is 0.121. The zero-order chi connectivity index (χ0) is 16.9. The van der Waals surface area contributed by atoms with Gasteiger partial charge in [-0.1, -0.05) is 29.9 Å². The Morgan fingerprint density at radius 2 is 1.82 bits per heavy atom. The summed E-state index contributed by atoms with van der Waals surface area (Å²) in [5.41, 5.74) is 5.83. The fourth-order valence-electron chi connectivity index (χ4n) is 1.59. The van der Waals surface area contributed by atoms with E-state index in [1.54, 1.807) is 13.8 Å². The number of hydrogen-bond acceptors (Lipinski definition) is 5. The average Bonchev–Trinajstić information content (AvgIpc) is 2.38. The molecule has 0 bridgehead atoms. The van der Waals surface area contributed by atoms with Gasteiger partial charge in [-0.3, -0.25) is 9.59 Å². The van der Waals surface area contributed by atoms with E-state index in [2.05, 4.69) is 9.50 Å². The van der Waals surface area contributed by atoms with Gasteiger partial charge in [-0.25, -0.2) is 0 Å². The average molecular weight is 332 g/mol. The third kappa shape index (κ3) is 6.08. The van der Waals surface area contributed by atoms with Crippen LogP contribution in [0.15, 0.2) is 24.3 Å². The standard InChI is InChI=1S/C13H17FN2O5S/c1-8(2)13(18)16-11(12(15)17)7-9-3-5-10(6-4-9)21-22(14,19)20/h3-6,8,11H,7H2,1-2H3,(H2,15,17)(H,16,18)/t11-/m0/s1. The van der Waals surface area contributed by atoms with E-state index in [4.69, 9.17) is 5.73 Å². The molecule has 22 heavy (non-hydrogen) atoms. The Labute approximate surface area is 128 Å². The smallest absolute Gasteiger partial charge is 0.368 e. The second-order valence-corrected chi connectivity index (χ2v) is 5.90. The molecule has 0 aromatic heterocycles. The zero-order valence-electron chi connectivity index (χ0n) is 12.1. The number of nitrogens with one attached hydrogen (secondary N) is 1. The summed E-state index contributed by atoms with van der Waals surface area (Å²) < 4.78 is 37.1.